The maximum absolute atomic E-state index is 6.17. The third kappa shape index (κ3) is 5.55. The molecule has 0 aliphatic heterocycles. The number of ether oxygens (including phenoxy) is 1. The number of nitrogens with two attached hydrogens (primary N) is 1. The molecule has 3 heteroatoms. The molecule has 2 nitrogen and oxygen atoms in total. The van der Waals surface area contributed by atoms with Gasteiger partial charge in [0.1, 0.15) is 0 Å². The molecule has 0 saturated carbocycles. The van der Waals surface area contributed by atoms with E-state index in [1.165, 1.54) is 25.7 Å². The molecule has 3 atom stereocenters. The summed E-state index contributed by atoms with van der Waals surface area (Å²) in [5.74, 6) is 0.638. The van der Waals surface area contributed by atoms with Crippen LogP contribution in [0.15, 0.2) is 28.7 Å². The van der Waals surface area contributed by atoms with Gasteiger partial charge in [-0.2, -0.15) is 0 Å². The smallest absolute Gasteiger partial charge is 0.0983 e. The Morgan fingerprint density at radius 3 is 2.50 bits per heavy atom. The fourth-order valence-electron chi connectivity index (χ4n) is 2.37. The van der Waals surface area contributed by atoms with Gasteiger partial charge in [-0.05, 0) is 30.9 Å². The normalized spacial score (nSPS) is 15.8. The number of benzene rings is 1. The van der Waals surface area contributed by atoms with Crippen LogP contribution in [0.5, 0.6) is 0 Å². The summed E-state index contributed by atoms with van der Waals surface area (Å²) in [4.78, 5) is 0. The molecule has 0 heterocycles. The van der Waals surface area contributed by atoms with Gasteiger partial charge in [0.2, 0.25) is 0 Å². The summed E-state index contributed by atoms with van der Waals surface area (Å²) in [6.45, 7) is 7.28. The molecular formula is C17H28BrNO. The molecule has 2 N–H and O–H groups in total. The Bertz CT molecular complexity index is 381. The van der Waals surface area contributed by atoms with Crippen molar-refractivity contribution < 1.29 is 4.74 Å². The van der Waals surface area contributed by atoms with E-state index in [2.05, 4.69) is 35.8 Å². The van der Waals surface area contributed by atoms with Crippen LogP contribution in [0.3, 0.4) is 0 Å². The zero-order valence-corrected chi connectivity index (χ0v) is 14.5. The summed E-state index contributed by atoms with van der Waals surface area (Å²) in [6.07, 6.45) is 4.90. The zero-order valence-electron chi connectivity index (χ0n) is 12.9. The second kappa shape index (κ2) is 9.54. The van der Waals surface area contributed by atoms with E-state index in [0.29, 0.717) is 5.92 Å². The zero-order chi connectivity index (χ0) is 15.0. The molecule has 114 valence electrons. The molecule has 0 radical (unpaired) electrons. The van der Waals surface area contributed by atoms with Crippen molar-refractivity contribution in [2.45, 2.75) is 58.6 Å². The lowest BCUT2D eigenvalue weighted by molar-refractivity contribution is 0.0123. The molecular weight excluding hydrogens is 314 g/mol. The maximum Gasteiger partial charge on any atom is 0.0983 e. The first-order valence-electron chi connectivity index (χ1n) is 7.71. The summed E-state index contributed by atoms with van der Waals surface area (Å²) in [5.41, 5.74) is 7.27. The molecule has 0 amide bonds. The predicted octanol–water partition coefficient (Wildman–Crippen LogP) is 5.07. The van der Waals surface area contributed by atoms with Gasteiger partial charge in [0.15, 0.2) is 0 Å². The molecule has 0 aliphatic carbocycles. The molecule has 1 aromatic rings. The molecule has 20 heavy (non-hydrogen) atoms. The Morgan fingerprint density at radius 2 is 1.95 bits per heavy atom. The van der Waals surface area contributed by atoms with Crippen molar-refractivity contribution in [2.75, 3.05) is 6.61 Å². The predicted molar refractivity (Wildman–Crippen MR) is 89.8 cm³/mol. The van der Waals surface area contributed by atoms with Crippen molar-refractivity contribution in [2.24, 2.45) is 11.7 Å². The number of hydrogen-bond acceptors (Lipinski definition) is 2. The van der Waals surface area contributed by atoms with Gasteiger partial charge in [0, 0.05) is 10.5 Å². The Balaban J connectivity index is 2.66. The largest absolute Gasteiger partial charge is 0.372 e. The Kier molecular flexibility index (Phi) is 8.43. The molecule has 0 fully saturated rings. The van der Waals surface area contributed by atoms with E-state index in [-0.39, 0.29) is 12.1 Å². The Labute approximate surface area is 132 Å². The van der Waals surface area contributed by atoms with Crippen LogP contribution in [-0.4, -0.2) is 12.6 Å². The minimum atomic E-state index is -0.0405. The highest BCUT2D eigenvalue weighted by atomic mass is 79.9. The summed E-state index contributed by atoms with van der Waals surface area (Å²) in [5, 5.41) is 0. The molecule has 0 bridgehead atoms. The lowest BCUT2D eigenvalue weighted by Crippen LogP contribution is -2.28. The quantitative estimate of drug-likeness (QED) is 0.680. The number of hydrogen-bond donors (Lipinski definition) is 1. The van der Waals surface area contributed by atoms with Gasteiger partial charge in [-0.3, -0.25) is 0 Å². The van der Waals surface area contributed by atoms with Crippen LogP contribution in [0.25, 0.3) is 0 Å². The van der Waals surface area contributed by atoms with Crippen molar-refractivity contribution >= 4 is 15.9 Å². The third-order valence-corrected chi connectivity index (χ3v) is 4.47. The van der Waals surface area contributed by atoms with Crippen molar-refractivity contribution in [3.8, 4) is 0 Å². The summed E-state index contributed by atoms with van der Waals surface area (Å²) in [7, 11) is 0. The highest BCUT2D eigenvalue weighted by Crippen LogP contribution is 2.29. The molecule has 1 rings (SSSR count). The Hall–Kier alpha value is -0.380. The van der Waals surface area contributed by atoms with E-state index in [9.17, 15) is 0 Å². The number of rotatable bonds is 9. The summed E-state index contributed by atoms with van der Waals surface area (Å²) >= 11 is 3.60. The lowest BCUT2D eigenvalue weighted by Gasteiger charge is -2.25. The maximum atomic E-state index is 6.17. The monoisotopic (exact) mass is 341 g/mol. The average Bonchev–Trinajstić information content (AvgIpc) is 2.44. The van der Waals surface area contributed by atoms with E-state index in [0.717, 1.165) is 16.6 Å². The van der Waals surface area contributed by atoms with Crippen molar-refractivity contribution in [3.05, 3.63) is 34.3 Å². The molecule has 1 aromatic carbocycles. The second-order valence-corrected chi connectivity index (χ2v) is 6.41. The van der Waals surface area contributed by atoms with Crippen molar-refractivity contribution in [3.63, 3.8) is 0 Å². The fourth-order valence-corrected chi connectivity index (χ4v) is 2.88. The van der Waals surface area contributed by atoms with E-state index in [4.69, 9.17) is 10.5 Å². The fraction of sp³-hybridized carbons (Fsp3) is 0.647. The lowest BCUT2D eigenvalue weighted by atomic mass is 9.99. The van der Waals surface area contributed by atoms with E-state index in [1.807, 2.05) is 25.1 Å². The van der Waals surface area contributed by atoms with Gasteiger partial charge >= 0.3 is 0 Å². The summed E-state index contributed by atoms with van der Waals surface area (Å²) in [6, 6.07) is 8.17. The van der Waals surface area contributed by atoms with Crippen LogP contribution in [0.4, 0.5) is 0 Å². The first-order chi connectivity index (χ1) is 9.60. The third-order valence-electron chi connectivity index (χ3n) is 3.74. The SMILES string of the molecule is CCCCC(CC)COC(c1ccccc1Br)C(C)N. The highest BCUT2D eigenvalue weighted by Gasteiger charge is 2.20. The van der Waals surface area contributed by atoms with Gasteiger partial charge in [-0.25, -0.2) is 0 Å². The molecule has 0 saturated heterocycles. The van der Waals surface area contributed by atoms with Gasteiger partial charge in [0.05, 0.1) is 12.7 Å². The standard InChI is InChI=1S/C17H28BrNO/c1-4-6-9-14(5-2)12-20-17(13(3)19)15-10-7-8-11-16(15)18/h7-8,10-11,13-14,17H,4-6,9,12,19H2,1-3H3. The van der Waals surface area contributed by atoms with Gasteiger partial charge in [0.25, 0.3) is 0 Å². The summed E-state index contributed by atoms with van der Waals surface area (Å²) < 4.78 is 7.24. The van der Waals surface area contributed by atoms with E-state index < -0.39 is 0 Å². The second-order valence-electron chi connectivity index (χ2n) is 5.55. The molecule has 0 spiro atoms. The van der Waals surface area contributed by atoms with Crippen LogP contribution in [0.2, 0.25) is 0 Å². The number of halogens is 1. The van der Waals surface area contributed by atoms with Crippen LogP contribution in [-0.2, 0) is 4.74 Å². The van der Waals surface area contributed by atoms with Crippen LogP contribution in [0, 0.1) is 5.92 Å². The van der Waals surface area contributed by atoms with E-state index in [1.54, 1.807) is 0 Å². The minimum absolute atomic E-state index is 0.0163. The van der Waals surface area contributed by atoms with Gasteiger partial charge in [-0.1, -0.05) is 67.2 Å². The molecule has 0 aromatic heterocycles. The van der Waals surface area contributed by atoms with Crippen LogP contribution in [0.1, 0.15) is 58.1 Å². The number of unbranched alkanes of at least 4 members (excludes halogenated alkanes) is 1. The van der Waals surface area contributed by atoms with Crippen LogP contribution >= 0.6 is 15.9 Å². The molecule has 3 unspecified atom stereocenters. The van der Waals surface area contributed by atoms with Crippen molar-refractivity contribution in [1.29, 1.82) is 0 Å². The first kappa shape index (κ1) is 17.7. The Morgan fingerprint density at radius 1 is 1.25 bits per heavy atom. The van der Waals surface area contributed by atoms with Gasteiger partial charge in [-0.15, -0.1) is 0 Å². The average molecular weight is 342 g/mol. The first-order valence-corrected chi connectivity index (χ1v) is 8.51. The minimum Gasteiger partial charge on any atom is -0.372 e. The van der Waals surface area contributed by atoms with E-state index >= 15 is 0 Å². The highest BCUT2D eigenvalue weighted by molar-refractivity contribution is 9.10. The molecule has 0 aliphatic rings. The topological polar surface area (TPSA) is 35.2 Å². The van der Waals surface area contributed by atoms with Crippen molar-refractivity contribution in [1.82, 2.24) is 0 Å². The van der Waals surface area contributed by atoms with Gasteiger partial charge < -0.3 is 10.5 Å². The van der Waals surface area contributed by atoms with Crippen LogP contribution < -0.4 is 5.73 Å².